The van der Waals surface area contributed by atoms with Gasteiger partial charge >= 0.3 is 0 Å². The number of unbranched alkanes of at least 4 members (excludes halogenated alkanes) is 1. The fraction of sp³-hybridized carbons (Fsp3) is 0.684. The molecule has 0 spiro atoms. The topological polar surface area (TPSA) is 27.7 Å². The molecule has 0 saturated carbocycles. The molecule has 1 atom stereocenters. The average molecular weight is 317 g/mol. The van der Waals surface area contributed by atoms with Crippen LogP contribution in [0.2, 0.25) is 0 Å². The third-order valence-corrected chi connectivity index (χ3v) is 5.37. The summed E-state index contributed by atoms with van der Waals surface area (Å²) in [6, 6.07) is 7.47. The van der Waals surface area contributed by atoms with Crippen molar-refractivity contribution in [3.05, 3.63) is 29.3 Å². The number of nitrogens with zero attached hydrogens (tertiary/aromatic N) is 2. The van der Waals surface area contributed by atoms with Crippen molar-refractivity contribution in [2.75, 3.05) is 51.8 Å². The first-order valence-corrected chi connectivity index (χ1v) is 9.05. The number of fused-ring (bicyclic) bond motifs is 1. The van der Waals surface area contributed by atoms with Crippen LogP contribution in [0.15, 0.2) is 18.2 Å². The second-order valence-electron chi connectivity index (χ2n) is 6.90. The molecule has 0 aromatic heterocycles. The highest BCUT2D eigenvalue weighted by molar-refractivity contribution is 5.58. The molecule has 23 heavy (non-hydrogen) atoms. The molecule has 4 nitrogen and oxygen atoms in total. The maximum Gasteiger partial charge on any atom is 0.0462 e. The van der Waals surface area contributed by atoms with Crippen LogP contribution in [0.1, 0.15) is 30.4 Å². The molecule has 0 aliphatic carbocycles. The van der Waals surface area contributed by atoms with Gasteiger partial charge in [-0.1, -0.05) is 12.1 Å². The first-order chi connectivity index (χ1) is 11.3. The predicted molar refractivity (Wildman–Crippen MR) is 96.2 cm³/mol. The number of rotatable bonds is 7. The number of likely N-dealkylation sites (N-methyl/N-ethyl adjacent to an activating group) is 1. The van der Waals surface area contributed by atoms with E-state index in [1.54, 1.807) is 7.11 Å². The van der Waals surface area contributed by atoms with Gasteiger partial charge in [-0.3, -0.25) is 0 Å². The normalized spacial score (nSPS) is 21.4. The maximum absolute atomic E-state index is 5.14. The van der Waals surface area contributed by atoms with Crippen LogP contribution in [-0.2, 0) is 17.7 Å². The van der Waals surface area contributed by atoms with Gasteiger partial charge in [0.2, 0.25) is 0 Å². The number of likely N-dealkylation sites (tertiary alicyclic amines) is 1. The van der Waals surface area contributed by atoms with E-state index in [4.69, 9.17) is 4.74 Å². The summed E-state index contributed by atoms with van der Waals surface area (Å²) in [6.07, 6.45) is 4.85. The Morgan fingerprint density at radius 2 is 2.26 bits per heavy atom. The summed E-state index contributed by atoms with van der Waals surface area (Å²) >= 11 is 0. The van der Waals surface area contributed by atoms with Crippen molar-refractivity contribution < 1.29 is 4.74 Å². The minimum Gasteiger partial charge on any atom is -0.385 e. The summed E-state index contributed by atoms with van der Waals surface area (Å²) in [6.45, 7) is 6.65. The van der Waals surface area contributed by atoms with Crippen LogP contribution in [0.4, 0.5) is 5.69 Å². The van der Waals surface area contributed by atoms with Crippen LogP contribution >= 0.6 is 0 Å². The zero-order chi connectivity index (χ0) is 16.1. The number of methoxy groups -OCH3 is 1. The summed E-state index contributed by atoms with van der Waals surface area (Å²) in [7, 11) is 4.07. The Morgan fingerprint density at radius 1 is 1.35 bits per heavy atom. The van der Waals surface area contributed by atoms with Crippen molar-refractivity contribution in [2.45, 2.75) is 38.3 Å². The molecule has 3 rings (SSSR count). The fourth-order valence-electron chi connectivity index (χ4n) is 3.94. The highest BCUT2D eigenvalue weighted by Crippen LogP contribution is 2.29. The van der Waals surface area contributed by atoms with Gasteiger partial charge in [-0.05, 0) is 56.0 Å². The van der Waals surface area contributed by atoms with E-state index in [1.807, 2.05) is 0 Å². The lowest BCUT2D eigenvalue weighted by molar-refractivity contribution is 0.187. The number of hydrogen-bond acceptors (Lipinski definition) is 4. The van der Waals surface area contributed by atoms with Gasteiger partial charge in [0.15, 0.2) is 0 Å². The second kappa shape index (κ2) is 8.13. The SMILES string of the molecule is COCCCCN1CC[C@H](N(C)c2cccc3c2CNCC3)C1. The molecule has 1 N–H and O–H groups in total. The monoisotopic (exact) mass is 317 g/mol. The fourth-order valence-corrected chi connectivity index (χ4v) is 3.94. The molecule has 4 heteroatoms. The number of hydrogen-bond donors (Lipinski definition) is 1. The van der Waals surface area contributed by atoms with E-state index in [0.29, 0.717) is 6.04 Å². The lowest BCUT2D eigenvalue weighted by Gasteiger charge is -2.31. The predicted octanol–water partition coefficient (Wildman–Crippen LogP) is 2.27. The highest BCUT2D eigenvalue weighted by Gasteiger charge is 2.27. The maximum atomic E-state index is 5.14. The largest absolute Gasteiger partial charge is 0.385 e. The Morgan fingerprint density at radius 3 is 3.13 bits per heavy atom. The average Bonchev–Trinajstić information content (AvgIpc) is 3.06. The molecular weight excluding hydrogens is 286 g/mol. The third-order valence-electron chi connectivity index (χ3n) is 5.37. The van der Waals surface area contributed by atoms with E-state index in [-0.39, 0.29) is 0 Å². The van der Waals surface area contributed by atoms with E-state index in [9.17, 15) is 0 Å². The van der Waals surface area contributed by atoms with Crippen molar-refractivity contribution >= 4 is 5.69 Å². The molecule has 0 radical (unpaired) electrons. The van der Waals surface area contributed by atoms with Crippen molar-refractivity contribution in [3.8, 4) is 0 Å². The van der Waals surface area contributed by atoms with Crippen LogP contribution < -0.4 is 10.2 Å². The van der Waals surface area contributed by atoms with Crippen molar-refractivity contribution in [1.82, 2.24) is 10.2 Å². The molecule has 1 aromatic rings. The Bertz CT molecular complexity index is 505. The van der Waals surface area contributed by atoms with Crippen molar-refractivity contribution in [3.63, 3.8) is 0 Å². The molecule has 0 unspecified atom stereocenters. The third kappa shape index (κ3) is 4.06. The number of ether oxygens (including phenoxy) is 1. The van der Waals surface area contributed by atoms with E-state index in [2.05, 4.69) is 40.4 Å². The summed E-state index contributed by atoms with van der Waals surface area (Å²) < 4.78 is 5.14. The van der Waals surface area contributed by atoms with Crippen LogP contribution in [0.5, 0.6) is 0 Å². The van der Waals surface area contributed by atoms with Crippen molar-refractivity contribution in [1.29, 1.82) is 0 Å². The highest BCUT2D eigenvalue weighted by atomic mass is 16.5. The van der Waals surface area contributed by atoms with Crippen LogP contribution in [0.25, 0.3) is 0 Å². The molecule has 0 amide bonds. The van der Waals surface area contributed by atoms with Crippen LogP contribution in [0, 0.1) is 0 Å². The number of benzene rings is 1. The van der Waals surface area contributed by atoms with Gasteiger partial charge < -0.3 is 19.9 Å². The minimum atomic E-state index is 0.644. The van der Waals surface area contributed by atoms with Gasteiger partial charge in [-0.2, -0.15) is 0 Å². The van der Waals surface area contributed by atoms with Gasteiger partial charge in [0, 0.05) is 52.1 Å². The quantitative estimate of drug-likeness (QED) is 0.781. The first-order valence-electron chi connectivity index (χ1n) is 9.05. The van der Waals surface area contributed by atoms with E-state index in [0.717, 1.165) is 26.1 Å². The molecule has 1 saturated heterocycles. The molecule has 0 bridgehead atoms. The summed E-state index contributed by atoms with van der Waals surface area (Å²) in [5.41, 5.74) is 4.48. The summed E-state index contributed by atoms with van der Waals surface area (Å²) in [5.74, 6) is 0. The van der Waals surface area contributed by atoms with Gasteiger partial charge in [0.05, 0.1) is 0 Å². The Balaban J connectivity index is 1.58. The van der Waals surface area contributed by atoms with Crippen molar-refractivity contribution in [2.24, 2.45) is 0 Å². The standard InChI is InChI=1S/C19H31N3O/c1-21(17-9-12-22(15-17)11-3-4-13-23-2)19-7-5-6-16-8-10-20-14-18(16)19/h5-7,17,20H,3-4,8-15H2,1-2H3/t17-/m0/s1. The Labute approximate surface area is 140 Å². The van der Waals surface area contributed by atoms with E-state index < -0.39 is 0 Å². The summed E-state index contributed by atoms with van der Waals surface area (Å²) in [5, 5.41) is 3.53. The molecule has 1 aromatic carbocycles. The number of nitrogens with one attached hydrogen (secondary N) is 1. The van der Waals surface area contributed by atoms with Gasteiger partial charge in [0.25, 0.3) is 0 Å². The second-order valence-corrected chi connectivity index (χ2v) is 6.90. The van der Waals surface area contributed by atoms with Gasteiger partial charge in [0.1, 0.15) is 0 Å². The molecular formula is C19H31N3O. The Kier molecular flexibility index (Phi) is 5.92. The van der Waals surface area contributed by atoms with Crippen LogP contribution in [-0.4, -0.2) is 57.9 Å². The summed E-state index contributed by atoms with van der Waals surface area (Å²) in [4.78, 5) is 5.14. The van der Waals surface area contributed by atoms with Gasteiger partial charge in [-0.25, -0.2) is 0 Å². The van der Waals surface area contributed by atoms with Crippen LogP contribution in [0.3, 0.4) is 0 Å². The number of anilines is 1. The zero-order valence-corrected chi connectivity index (χ0v) is 14.7. The first kappa shape index (κ1) is 16.7. The Hall–Kier alpha value is -1.10. The lowest BCUT2D eigenvalue weighted by Crippen LogP contribution is -2.36. The molecule has 2 heterocycles. The van der Waals surface area contributed by atoms with E-state index >= 15 is 0 Å². The molecule has 2 aliphatic heterocycles. The smallest absolute Gasteiger partial charge is 0.0462 e. The molecule has 2 aliphatic rings. The zero-order valence-electron chi connectivity index (χ0n) is 14.7. The molecule has 128 valence electrons. The minimum absolute atomic E-state index is 0.644. The van der Waals surface area contributed by atoms with E-state index in [1.165, 1.54) is 55.7 Å². The lowest BCUT2D eigenvalue weighted by atomic mass is 9.98. The van der Waals surface area contributed by atoms with Gasteiger partial charge in [-0.15, -0.1) is 0 Å². The molecule has 1 fully saturated rings.